The number of ether oxygens (including phenoxy) is 2. The third kappa shape index (κ3) is 7.60. The second kappa shape index (κ2) is 13.4. The molecule has 0 amide bonds. The van der Waals surface area contributed by atoms with Crippen LogP contribution in [-0.4, -0.2) is 62.5 Å². The Balaban J connectivity index is 0.00000320. The van der Waals surface area contributed by atoms with Crippen LogP contribution in [0.5, 0.6) is 0 Å². The Morgan fingerprint density at radius 3 is 2.73 bits per heavy atom. The van der Waals surface area contributed by atoms with Crippen molar-refractivity contribution in [2.24, 2.45) is 4.99 Å². The van der Waals surface area contributed by atoms with Crippen molar-refractivity contribution in [3.8, 4) is 0 Å². The molecule has 1 aromatic rings. The van der Waals surface area contributed by atoms with E-state index in [4.69, 9.17) is 9.47 Å². The van der Waals surface area contributed by atoms with E-state index in [1.165, 1.54) is 12.5 Å². The van der Waals surface area contributed by atoms with Crippen molar-refractivity contribution >= 4 is 29.9 Å². The van der Waals surface area contributed by atoms with Gasteiger partial charge in [0.25, 0.3) is 0 Å². The summed E-state index contributed by atoms with van der Waals surface area (Å²) in [4.78, 5) is 6.85. The summed E-state index contributed by atoms with van der Waals surface area (Å²) < 4.78 is 39.0. The summed E-state index contributed by atoms with van der Waals surface area (Å²) in [6, 6.07) is 4.28. The average Bonchev–Trinajstić information content (AvgIpc) is 2.76. The van der Waals surface area contributed by atoms with Crippen LogP contribution in [-0.2, 0) is 15.9 Å². The van der Waals surface area contributed by atoms with Crippen LogP contribution in [0.3, 0.4) is 0 Å². The maximum absolute atomic E-state index is 13.8. The van der Waals surface area contributed by atoms with Crippen molar-refractivity contribution in [3.63, 3.8) is 0 Å². The fourth-order valence-electron chi connectivity index (χ4n) is 3.87. The van der Waals surface area contributed by atoms with Gasteiger partial charge in [-0.2, -0.15) is 0 Å². The third-order valence-electron chi connectivity index (χ3n) is 5.54. The number of nitrogens with zero attached hydrogens (tertiary/aromatic N) is 2. The molecule has 2 heterocycles. The number of nitrogens with one attached hydrogen (secondary N) is 1. The third-order valence-corrected chi connectivity index (χ3v) is 5.54. The minimum absolute atomic E-state index is 0. The molecule has 2 aliphatic rings. The van der Waals surface area contributed by atoms with E-state index in [0.29, 0.717) is 25.1 Å². The molecular formula is C22H34F2IN3O2. The lowest BCUT2D eigenvalue weighted by molar-refractivity contribution is -0.0721. The number of likely N-dealkylation sites (tertiary alicyclic amines) is 1. The predicted octanol–water partition coefficient (Wildman–Crippen LogP) is 4.14. The normalized spacial score (nSPS) is 20.7. The molecule has 0 saturated carbocycles. The molecule has 1 aromatic carbocycles. The van der Waals surface area contributed by atoms with E-state index in [9.17, 15) is 8.78 Å². The highest BCUT2D eigenvalue weighted by molar-refractivity contribution is 14.0. The van der Waals surface area contributed by atoms with Gasteiger partial charge in [-0.25, -0.2) is 8.78 Å². The van der Waals surface area contributed by atoms with Crippen molar-refractivity contribution < 1.29 is 18.3 Å². The second-order valence-electron chi connectivity index (χ2n) is 7.71. The number of piperidine rings is 1. The Hall–Kier alpha value is -1.00. The van der Waals surface area contributed by atoms with Crippen molar-refractivity contribution in [2.45, 2.75) is 57.7 Å². The van der Waals surface area contributed by atoms with Gasteiger partial charge in [0.2, 0.25) is 0 Å². The first kappa shape index (κ1) is 25.3. The highest BCUT2D eigenvalue weighted by Crippen LogP contribution is 2.18. The monoisotopic (exact) mass is 537 g/mol. The van der Waals surface area contributed by atoms with Gasteiger partial charge in [0.15, 0.2) is 17.6 Å². The first-order valence-corrected chi connectivity index (χ1v) is 10.9. The van der Waals surface area contributed by atoms with E-state index >= 15 is 0 Å². The van der Waals surface area contributed by atoms with Crippen LogP contribution < -0.4 is 5.32 Å². The standard InChI is InChI=1S/C22H33F2N3O2.HI/c1-2-25-22(26-12-9-17-6-5-8-20(23)21(17)24)27-13-10-18(11-14-27)29-16-19-7-3-4-15-28-19;/h5-6,8,18-19H,2-4,7,9-16H2,1H3,(H,25,26);1H. The molecule has 2 fully saturated rings. The molecule has 0 aromatic heterocycles. The zero-order valence-corrected chi connectivity index (χ0v) is 20.1. The van der Waals surface area contributed by atoms with Crippen LogP contribution in [0, 0.1) is 11.6 Å². The Morgan fingerprint density at radius 1 is 1.23 bits per heavy atom. The van der Waals surface area contributed by atoms with Gasteiger partial charge in [-0.15, -0.1) is 24.0 Å². The lowest BCUT2D eigenvalue weighted by Crippen LogP contribution is -2.47. The number of guanidine groups is 1. The SMILES string of the molecule is CCNC(=NCCc1cccc(F)c1F)N1CCC(OCC2CCCCO2)CC1.I. The molecule has 170 valence electrons. The summed E-state index contributed by atoms with van der Waals surface area (Å²) in [6.07, 6.45) is 6.29. The molecule has 0 spiro atoms. The summed E-state index contributed by atoms with van der Waals surface area (Å²) in [7, 11) is 0. The van der Waals surface area contributed by atoms with Gasteiger partial charge in [-0.1, -0.05) is 12.1 Å². The van der Waals surface area contributed by atoms with Crippen LogP contribution in [0.15, 0.2) is 23.2 Å². The van der Waals surface area contributed by atoms with Gasteiger partial charge in [0.1, 0.15) is 0 Å². The van der Waals surface area contributed by atoms with Crippen LogP contribution >= 0.6 is 24.0 Å². The summed E-state index contributed by atoms with van der Waals surface area (Å²) in [5.41, 5.74) is 0.363. The zero-order chi connectivity index (χ0) is 20.5. The highest BCUT2D eigenvalue weighted by Gasteiger charge is 2.23. The lowest BCUT2D eigenvalue weighted by Gasteiger charge is -2.35. The Bertz CT molecular complexity index is 664. The van der Waals surface area contributed by atoms with Crippen molar-refractivity contribution in [3.05, 3.63) is 35.4 Å². The zero-order valence-electron chi connectivity index (χ0n) is 17.7. The number of halogens is 3. The van der Waals surface area contributed by atoms with E-state index < -0.39 is 11.6 Å². The van der Waals surface area contributed by atoms with Crippen LogP contribution in [0.4, 0.5) is 8.78 Å². The summed E-state index contributed by atoms with van der Waals surface area (Å²) in [5, 5.41) is 3.31. The van der Waals surface area contributed by atoms with E-state index in [1.54, 1.807) is 6.07 Å². The maximum atomic E-state index is 13.8. The molecule has 1 N–H and O–H groups in total. The fourth-order valence-corrected chi connectivity index (χ4v) is 3.87. The number of rotatable bonds is 7. The van der Waals surface area contributed by atoms with E-state index in [2.05, 4.69) is 15.2 Å². The minimum Gasteiger partial charge on any atom is -0.376 e. The van der Waals surface area contributed by atoms with Crippen molar-refractivity contribution in [1.29, 1.82) is 0 Å². The first-order chi connectivity index (χ1) is 14.2. The molecule has 2 saturated heterocycles. The average molecular weight is 537 g/mol. The van der Waals surface area contributed by atoms with Crippen LogP contribution in [0.2, 0.25) is 0 Å². The van der Waals surface area contributed by atoms with Crippen molar-refractivity contribution in [2.75, 3.05) is 39.4 Å². The molecule has 5 nitrogen and oxygen atoms in total. The largest absolute Gasteiger partial charge is 0.376 e. The Morgan fingerprint density at radius 2 is 2.03 bits per heavy atom. The molecule has 0 radical (unpaired) electrons. The van der Waals surface area contributed by atoms with Crippen molar-refractivity contribution in [1.82, 2.24) is 10.2 Å². The Kier molecular flexibility index (Phi) is 11.3. The molecule has 1 atom stereocenters. The van der Waals surface area contributed by atoms with E-state index in [-0.39, 0.29) is 36.2 Å². The molecule has 1 unspecified atom stereocenters. The first-order valence-electron chi connectivity index (χ1n) is 10.9. The topological polar surface area (TPSA) is 46.1 Å². The summed E-state index contributed by atoms with van der Waals surface area (Å²) in [6.45, 7) is 6.50. The van der Waals surface area contributed by atoms with Gasteiger partial charge in [0.05, 0.1) is 18.8 Å². The highest BCUT2D eigenvalue weighted by atomic mass is 127. The minimum atomic E-state index is -0.806. The molecular weight excluding hydrogens is 503 g/mol. The molecule has 0 bridgehead atoms. The lowest BCUT2D eigenvalue weighted by atomic mass is 10.1. The van der Waals surface area contributed by atoms with Gasteiger partial charge < -0.3 is 19.7 Å². The van der Waals surface area contributed by atoms with E-state index in [0.717, 1.165) is 64.0 Å². The van der Waals surface area contributed by atoms with Crippen LogP contribution in [0.25, 0.3) is 0 Å². The smallest absolute Gasteiger partial charge is 0.193 e. The predicted molar refractivity (Wildman–Crippen MR) is 126 cm³/mol. The molecule has 30 heavy (non-hydrogen) atoms. The molecule has 2 aliphatic heterocycles. The quantitative estimate of drug-likeness (QED) is 0.323. The Labute approximate surface area is 195 Å². The maximum Gasteiger partial charge on any atom is 0.193 e. The molecule has 8 heteroatoms. The number of aliphatic imine (C=N–C) groups is 1. The number of hydrogen-bond donors (Lipinski definition) is 1. The number of hydrogen-bond acceptors (Lipinski definition) is 3. The summed E-state index contributed by atoms with van der Waals surface area (Å²) in [5.74, 6) is -0.745. The molecule has 3 rings (SSSR count). The fraction of sp³-hybridized carbons (Fsp3) is 0.682. The van der Waals surface area contributed by atoms with Gasteiger partial charge >= 0.3 is 0 Å². The van der Waals surface area contributed by atoms with Gasteiger partial charge in [0, 0.05) is 32.8 Å². The summed E-state index contributed by atoms with van der Waals surface area (Å²) >= 11 is 0. The number of benzene rings is 1. The second-order valence-corrected chi connectivity index (χ2v) is 7.71. The molecule has 0 aliphatic carbocycles. The van der Waals surface area contributed by atoms with Gasteiger partial charge in [-0.05, 0) is 57.1 Å². The van der Waals surface area contributed by atoms with E-state index in [1.807, 2.05) is 6.92 Å². The van der Waals surface area contributed by atoms with Gasteiger partial charge in [-0.3, -0.25) is 4.99 Å². The van der Waals surface area contributed by atoms with Crippen LogP contribution in [0.1, 0.15) is 44.6 Å².